The van der Waals surface area contributed by atoms with Crippen LogP contribution in [0.2, 0.25) is 0 Å². The molecule has 1 aromatic carbocycles. The van der Waals surface area contributed by atoms with E-state index in [0.717, 1.165) is 21.7 Å². The van der Waals surface area contributed by atoms with E-state index in [2.05, 4.69) is 18.0 Å². The van der Waals surface area contributed by atoms with E-state index >= 15 is 0 Å². The van der Waals surface area contributed by atoms with Gasteiger partial charge in [0.05, 0.1) is 10.6 Å². The van der Waals surface area contributed by atoms with Crippen LogP contribution in [0.5, 0.6) is 0 Å². The summed E-state index contributed by atoms with van der Waals surface area (Å²) in [5.41, 5.74) is 10.1. The van der Waals surface area contributed by atoms with Crippen molar-refractivity contribution in [1.29, 1.82) is 0 Å². The summed E-state index contributed by atoms with van der Waals surface area (Å²) in [6.45, 7) is 4.02. The highest BCUT2D eigenvalue weighted by Gasteiger charge is 2.13. The molecule has 0 fully saturated rings. The number of nitrogens with zero attached hydrogens (tertiary/aromatic N) is 2. The van der Waals surface area contributed by atoms with Crippen molar-refractivity contribution in [3.05, 3.63) is 52.9 Å². The van der Waals surface area contributed by atoms with E-state index < -0.39 is 0 Å². The Kier molecular flexibility index (Phi) is 3.24. The summed E-state index contributed by atoms with van der Waals surface area (Å²) in [6, 6.07) is 12.2. The van der Waals surface area contributed by atoms with Crippen LogP contribution >= 0.6 is 11.3 Å². The molecule has 3 nitrogen and oxygen atoms in total. The summed E-state index contributed by atoms with van der Waals surface area (Å²) >= 11 is 1.64. The van der Waals surface area contributed by atoms with Gasteiger partial charge in [0.2, 0.25) is 0 Å². The zero-order valence-corrected chi connectivity index (χ0v) is 12.2. The van der Waals surface area contributed by atoms with Crippen LogP contribution in [0.4, 0.5) is 5.82 Å². The minimum absolute atomic E-state index is 0.543. The van der Waals surface area contributed by atoms with Gasteiger partial charge in [0, 0.05) is 11.1 Å². The Balaban J connectivity index is 2.21. The van der Waals surface area contributed by atoms with Crippen LogP contribution < -0.4 is 5.73 Å². The third-order valence-electron chi connectivity index (χ3n) is 3.30. The molecular weight excluding hydrogens is 266 g/mol. The molecule has 0 radical (unpaired) electrons. The number of rotatable bonds is 2. The molecular formula is C16H15N3S. The number of nitrogens with two attached hydrogens (primary N) is 1. The van der Waals surface area contributed by atoms with E-state index in [4.69, 9.17) is 10.7 Å². The molecule has 2 heterocycles. The quantitative estimate of drug-likeness (QED) is 0.770. The van der Waals surface area contributed by atoms with Gasteiger partial charge in [-0.25, -0.2) is 9.97 Å². The van der Waals surface area contributed by atoms with Gasteiger partial charge in [0.15, 0.2) is 5.82 Å². The second-order valence-corrected chi connectivity index (χ2v) is 5.62. The van der Waals surface area contributed by atoms with Gasteiger partial charge in [-0.15, -0.1) is 11.3 Å². The maximum absolute atomic E-state index is 6.07. The van der Waals surface area contributed by atoms with E-state index in [1.807, 2.05) is 42.6 Å². The molecule has 0 spiro atoms. The van der Waals surface area contributed by atoms with Crippen molar-refractivity contribution >= 4 is 17.2 Å². The molecule has 2 N–H and O–H groups in total. The van der Waals surface area contributed by atoms with Gasteiger partial charge in [-0.05, 0) is 30.9 Å². The SMILES string of the molecule is Cc1ccsc1-c1nc(N)c(C)c(-c2ccccc2)n1. The number of hydrogen-bond donors (Lipinski definition) is 1. The largest absolute Gasteiger partial charge is 0.383 e. The standard InChI is InChI=1S/C16H15N3S/c1-10-8-9-20-14(10)16-18-13(11(2)15(17)19-16)12-6-4-3-5-7-12/h3-9H,1-2H3,(H2,17,18,19). The van der Waals surface area contributed by atoms with E-state index in [1.165, 1.54) is 5.56 Å². The summed E-state index contributed by atoms with van der Waals surface area (Å²) in [5.74, 6) is 1.25. The fourth-order valence-electron chi connectivity index (χ4n) is 2.11. The van der Waals surface area contributed by atoms with Crippen LogP contribution in [0.25, 0.3) is 22.0 Å². The molecule has 2 aromatic heterocycles. The molecule has 0 saturated heterocycles. The second kappa shape index (κ2) is 5.06. The molecule has 0 aliphatic rings. The van der Waals surface area contributed by atoms with E-state index in [1.54, 1.807) is 11.3 Å². The predicted molar refractivity (Wildman–Crippen MR) is 84.7 cm³/mol. The lowest BCUT2D eigenvalue weighted by Gasteiger charge is -2.10. The Hall–Kier alpha value is -2.20. The molecule has 100 valence electrons. The summed E-state index contributed by atoms with van der Waals surface area (Å²) in [6.07, 6.45) is 0. The summed E-state index contributed by atoms with van der Waals surface area (Å²) in [5, 5.41) is 2.05. The van der Waals surface area contributed by atoms with Crippen LogP contribution in [-0.2, 0) is 0 Å². The van der Waals surface area contributed by atoms with Crippen LogP contribution in [0.1, 0.15) is 11.1 Å². The number of anilines is 1. The third kappa shape index (κ3) is 2.18. The van der Waals surface area contributed by atoms with E-state index in [-0.39, 0.29) is 0 Å². The van der Waals surface area contributed by atoms with Crippen molar-refractivity contribution < 1.29 is 0 Å². The maximum atomic E-state index is 6.07. The van der Waals surface area contributed by atoms with Crippen LogP contribution in [0, 0.1) is 13.8 Å². The molecule has 20 heavy (non-hydrogen) atoms. The van der Waals surface area contributed by atoms with Gasteiger partial charge < -0.3 is 5.73 Å². The monoisotopic (exact) mass is 281 g/mol. The highest BCUT2D eigenvalue weighted by molar-refractivity contribution is 7.13. The molecule has 0 bridgehead atoms. The molecule has 3 rings (SSSR count). The number of aromatic nitrogens is 2. The minimum Gasteiger partial charge on any atom is -0.383 e. The highest BCUT2D eigenvalue weighted by Crippen LogP contribution is 2.31. The molecule has 0 amide bonds. The first-order valence-electron chi connectivity index (χ1n) is 6.41. The Labute approximate surface area is 122 Å². The number of hydrogen-bond acceptors (Lipinski definition) is 4. The number of thiophene rings is 1. The van der Waals surface area contributed by atoms with Crippen LogP contribution in [0.3, 0.4) is 0 Å². The van der Waals surface area contributed by atoms with Gasteiger partial charge in [0.25, 0.3) is 0 Å². The number of aryl methyl sites for hydroxylation is 1. The summed E-state index contributed by atoms with van der Waals surface area (Å²) in [4.78, 5) is 10.2. The van der Waals surface area contributed by atoms with Gasteiger partial charge in [-0.1, -0.05) is 30.3 Å². The van der Waals surface area contributed by atoms with Crippen molar-refractivity contribution in [3.63, 3.8) is 0 Å². The Bertz CT molecular complexity index is 748. The van der Waals surface area contributed by atoms with Gasteiger partial charge in [-0.3, -0.25) is 0 Å². The lowest BCUT2D eigenvalue weighted by molar-refractivity contribution is 1.16. The van der Waals surface area contributed by atoms with Gasteiger partial charge >= 0.3 is 0 Å². The summed E-state index contributed by atoms with van der Waals surface area (Å²) < 4.78 is 0. The van der Waals surface area contributed by atoms with Crippen LogP contribution in [0.15, 0.2) is 41.8 Å². The Morgan fingerprint density at radius 3 is 2.40 bits per heavy atom. The molecule has 4 heteroatoms. The molecule has 0 unspecified atom stereocenters. The average molecular weight is 281 g/mol. The fraction of sp³-hybridized carbons (Fsp3) is 0.125. The smallest absolute Gasteiger partial charge is 0.172 e. The fourth-order valence-corrected chi connectivity index (χ4v) is 2.97. The molecule has 3 aromatic rings. The number of benzene rings is 1. The normalized spacial score (nSPS) is 10.7. The number of nitrogen functional groups attached to an aromatic ring is 1. The molecule has 0 atom stereocenters. The average Bonchev–Trinajstić information content (AvgIpc) is 2.89. The lowest BCUT2D eigenvalue weighted by atomic mass is 10.1. The second-order valence-electron chi connectivity index (χ2n) is 4.70. The Morgan fingerprint density at radius 1 is 1.00 bits per heavy atom. The van der Waals surface area contributed by atoms with Gasteiger partial charge in [0.1, 0.15) is 5.82 Å². The molecule has 0 aliphatic carbocycles. The van der Waals surface area contributed by atoms with Crippen LogP contribution in [-0.4, -0.2) is 9.97 Å². The topological polar surface area (TPSA) is 51.8 Å². The molecule has 0 saturated carbocycles. The predicted octanol–water partition coefficient (Wildman–Crippen LogP) is 4.07. The Morgan fingerprint density at radius 2 is 1.75 bits per heavy atom. The zero-order chi connectivity index (χ0) is 14.1. The summed E-state index contributed by atoms with van der Waals surface area (Å²) in [7, 11) is 0. The first kappa shape index (κ1) is 12.8. The molecule has 0 aliphatic heterocycles. The maximum Gasteiger partial charge on any atom is 0.172 e. The highest BCUT2D eigenvalue weighted by atomic mass is 32.1. The minimum atomic E-state index is 0.543. The van der Waals surface area contributed by atoms with E-state index in [9.17, 15) is 0 Å². The van der Waals surface area contributed by atoms with E-state index in [0.29, 0.717) is 11.6 Å². The van der Waals surface area contributed by atoms with Crippen molar-refractivity contribution in [2.75, 3.05) is 5.73 Å². The first-order valence-corrected chi connectivity index (χ1v) is 7.29. The van der Waals surface area contributed by atoms with Gasteiger partial charge in [-0.2, -0.15) is 0 Å². The van der Waals surface area contributed by atoms with Crippen molar-refractivity contribution in [2.45, 2.75) is 13.8 Å². The lowest BCUT2D eigenvalue weighted by Crippen LogP contribution is -2.02. The first-order chi connectivity index (χ1) is 9.66. The zero-order valence-electron chi connectivity index (χ0n) is 11.4. The van der Waals surface area contributed by atoms with Crippen molar-refractivity contribution in [1.82, 2.24) is 9.97 Å². The third-order valence-corrected chi connectivity index (χ3v) is 4.31. The van der Waals surface area contributed by atoms with Crippen molar-refractivity contribution in [3.8, 4) is 22.0 Å². The van der Waals surface area contributed by atoms with Crippen molar-refractivity contribution in [2.24, 2.45) is 0 Å².